The molecule has 0 radical (unpaired) electrons. The van der Waals surface area contributed by atoms with Crippen LogP contribution in [0.3, 0.4) is 0 Å². The van der Waals surface area contributed by atoms with Crippen molar-refractivity contribution in [3.05, 3.63) is 59.7 Å². The molecule has 1 aromatic heterocycles. The quantitative estimate of drug-likeness (QED) is 0.551. The molecule has 1 aromatic carbocycles. The predicted octanol–water partition coefficient (Wildman–Crippen LogP) is 4.98. The van der Waals surface area contributed by atoms with Gasteiger partial charge in [-0.3, -0.25) is 9.59 Å². The highest BCUT2D eigenvalue weighted by Gasteiger charge is 2.29. The van der Waals surface area contributed by atoms with Gasteiger partial charge in [0.25, 0.3) is 0 Å². The molecule has 0 bridgehead atoms. The van der Waals surface area contributed by atoms with Gasteiger partial charge in [0.05, 0.1) is 13.1 Å². The van der Waals surface area contributed by atoms with Crippen molar-refractivity contribution in [2.75, 3.05) is 6.54 Å². The number of rotatable bonds is 9. The molecule has 1 fully saturated rings. The SMILES string of the molecule is CCC(C)N(CC(=O)N(Cc1cccn1Cc1ccc(F)cc1)C1CCCCC1)C(C)=O. The van der Waals surface area contributed by atoms with Crippen LogP contribution in [0.25, 0.3) is 0 Å². The Balaban J connectivity index is 1.79. The van der Waals surface area contributed by atoms with E-state index in [2.05, 4.69) is 4.57 Å². The molecule has 32 heavy (non-hydrogen) atoms. The van der Waals surface area contributed by atoms with Crippen LogP contribution >= 0.6 is 0 Å². The summed E-state index contributed by atoms with van der Waals surface area (Å²) in [5.41, 5.74) is 2.06. The maximum absolute atomic E-state index is 13.5. The fourth-order valence-corrected chi connectivity index (χ4v) is 4.56. The highest BCUT2D eigenvalue weighted by Crippen LogP contribution is 2.25. The van der Waals surface area contributed by atoms with Gasteiger partial charge in [-0.15, -0.1) is 0 Å². The lowest BCUT2D eigenvalue weighted by Gasteiger charge is -2.37. The van der Waals surface area contributed by atoms with Gasteiger partial charge in [0, 0.05) is 37.4 Å². The minimum Gasteiger partial charge on any atom is -0.345 e. The van der Waals surface area contributed by atoms with E-state index in [-0.39, 0.29) is 36.3 Å². The van der Waals surface area contributed by atoms with Crippen molar-refractivity contribution in [3.8, 4) is 0 Å². The Bertz CT molecular complexity index is 887. The molecule has 1 aliphatic rings. The monoisotopic (exact) mass is 441 g/mol. The van der Waals surface area contributed by atoms with Gasteiger partial charge in [0.1, 0.15) is 5.82 Å². The van der Waals surface area contributed by atoms with Crippen molar-refractivity contribution >= 4 is 11.8 Å². The summed E-state index contributed by atoms with van der Waals surface area (Å²) in [6.45, 7) is 6.84. The summed E-state index contributed by atoms with van der Waals surface area (Å²) in [5.74, 6) is -0.287. The van der Waals surface area contributed by atoms with Crippen LogP contribution in [-0.2, 0) is 22.7 Å². The summed E-state index contributed by atoms with van der Waals surface area (Å²) in [6, 6.07) is 10.8. The molecule has 2 amide bonds. The lowest BCUT2D eigenvalue weighted by molar-refractivity contribution is -0.143. The zero-order valence-electron chi connectivity index (χ0n) is 19.6. The van der Waals surface area contributed by atoms with Gasteiger partial charge in [0.15, 0.2) is 0 Å². The molecule has 5 nitrogen and oxygen atoms in total. The molecule has 1 atom stereocenters. The molecule has 1 heterocycles. The lowest BCUT2D eigenvalue weighted by atomic mass is 9.94. The highest BCUT2D eigenvalue weighted by atomic mass is 19.1. The number of hydrogen-bond donors (Lipinski definition) is 0. The second-order valence-corrected chi connectivity index (χ2v) is 8.97. The molecule has 1 unspecified atom stereocenters. The molecule has 0 saturated heterocycles. The molecule has 3 rings (SSSR count). The van der Waals surface area contributed by atoms with E-state index < -0.39 is 0 Å². The second-order valence-electron chi connectivity index (χ2n) is 8.97. The van der Waals surface area contributed by atoms with E-state index in [4.69, 9.17) is 0 Å². The van der Waals surface area contributed by atoms with Gasteiger partial charge < -0.3 is 14.4 Å². The summed E-state index contributed by atoms with van der Waals surface area (Å²) >= 11 is 0. The molecule has 6 heteroatoms. The number of carbonyl (C=O) groups is 2. The molecular weight excluding hydrogens is 405 g/mol. The topological polar surface area (TPSA) is 45.6 Å². The Hall–Kier alpha value is -2.63. The van der Waals surface area contributed by atoms with Crippen molar-refractivity contribution in [2.45, 2.75) is 84.5 Å². The number of aromatic nitrogens is 1. The average Bonchev–Trinajstić information content (AvgIpc) is 3.23. The molecule has 0 spiro atoms. The minimum atomic E-state index is -0.244. The standard InChI is InChI=1S/C26H36FN3O2/c1-4-20(2)29(21(3)31)19-26(32)30(24-9-6-5-7-10-24)18-25-11-8-16-28(25)17-22-12-14-23(27)15-13-22/h8,11-16,20,24H,4-7,9-10,17-19H2,1-3H3. The van der Waals surface area contributed by atoms with Gasteiger partial charge in [-0.05, 0) is 56.0 Å². The predicted molar refractivity (Wildman–Crippen MR) is 124 cm³/mol. The average molecular weight is 442 g/mol. The zero-order valence-corrected chi connectivity index (χ0v) is 19.6. The maximum Gasteiger partial charge on any atom is 0.242 e. The minimum absolute atomic E-state index is 0.0157. The van der Waals surface area contributed by atoms with Crippen molar-refractivity contribution in [2.24, 2.45) is 0 Å². The Morgan fingerprint density at radius 2 is 1.81 bits per heavy atom. The molecule has 1 saturated carbocycles. The van der Waals surface area contributed by atoms with Crippen LogP contribution in [0, 0.1) is 5.82 Å². The first kappa shape index (κ1) is 24.0. The summed E-state index contributed by atoms with van der Waals surface area (Å²) < 4.78 is 15.4. The van der Waals surface area contributed by atoms with Crippen LogP contribution in [-0.4, -0.2) is 44.8 Å². The Labute approximate surface area is 191 Å². The largest absolute Gasteiger partial charge is 0.345 e. The van der Waals surface area contributed by atoms with E-state index in [1.165, 1.54) is 25.5 Å². The van der Waals surface area contributed by atoms with E-state index >= 15 is 0 Å². The fraction of sp³-hybridized carbons (Fsp3) is 0.538. The van der Waals surface area contributed by atoms with E-state index in [1.54, 1.807) is 17.0 Å². The summed E-state index contributed by atoms with van der Waals surface area (Å²) in [4.78, 5) is 29.4. The fourth-order valence-electron chi connectivity index (χ4n) is 4.56. The number of carbonyl (C=O) groups excluding carboxylic acids is 2. The van der Waals surface area contributed by atoms with E-state index in [1.807, 2.05) is 37.1 Å². The van der Waals surface area contributed by atoms with E-state index in [0.29, 0.717) is 13.1 Å². The van der Waals surface area contributed by atoms with Crippen LogP contribution in [0.15, 0.2) is 42.6 Å². The third-order valence-electron chi connectivity index (χ3n) is 6.69. The van der Waals surface area contributed by atoms with Gasteiger partial charge in [0.2, 0.25) is 11.8 Å². The van der Waals surface area contributed by atoms with Gasteiger partial charge >= 0.3 is 0 Å². The smallest absolute Gasteiger partial charge is 0.242 e. The first-order valence-corrected chi connectivity index (χ1v) is 11.8. The molecule has 174 valence electrons. The molecular formula is C26H36FN3O2. The molecule has 0 aliphatic heterocycles. The first-order valence-electron chi connectivity index (χ1n) is 11.8. The van der Waals surface area contributed by atoms with E-state index in [0.717, 1.165) is 43.4 Å². The molecule has 0 N–H and O–H groups in total. The Kier molecular flexibility index (Phi) is 8.48. The lowest BCUT2D eigenvalue weighted by Crippen LogP contribution is -2.49. The van der Waals surface area contributed by atoms with Crippen molar-refractivity contribution in [3.63, 3.8) is 0 Å². The number of amides is 2. The Morgan fingerprint density at radius 1 is 1.12 bits per heavy atom. The van der Waals surface area contributed by atoms with Crippen LogP contribution in [0.2, 0.25) is 0 Å². The van der Waals surface area contributed by atoms with Crippen LogP contribution in [0.1, 0.15) is 70.6 Å². The number of halogens is 1. The zero-order chi connectivity index (χ0) is 23.1. The maximum atomic E-state index is 13.5. The second kappa shape index (κ2) is 11.3. The molecule has 2 aromatic rings. The van der Waals surface area contributed by atoms with Crippen LogP contribution in [0.4, 0.5) is 4.39 Å². The van der Waals surface area contributed by atoms with Crippen LogP contribution in [0.5, 0.6) is 0 Å². The highest BCUT2D eigenvalue weighted by molar-refractivity contribution is 5.84. The normalized spacial score (nSPS) is 15.4. The van der Waals surface area contributed by atoms with Gasteiger partial charge in [-0.1, -0.05) is 38.3 Å². The Morgan fingerprint density at radius 3 is 2.44 bits per heavy atom. The number of hydrogen-bond acceptors (Lipinski definition) is 2. The van der Waals surface area contributed by atoms with E-state index in [9.17, 15) is 14.0 Å². The molecule has 1 aliphatic carbocycles. The van der Waals surface area contributed by atoms with Crippen molar-refractivity contribution in [1.29, 1.82) is 0 Å². The summed E-state index contributed by atoms with van der Waals surface area (Å²) in [7, 11) is 0. The third kappa shape index (κ3) is 6.21. The first-order chi connectivity index (χ1) is 15.4. The third-order valence-corrected chi connectivity index (χ3v) is 6.69. The van der Waals surface area contributed by atoms with Crippen molar-refractivity contribution in [1.82, 2.24) is 14.4 Å². The summed E-state index contributed by atoms with van der Waals surface area (Å²) in [5, 5.41) is 0. The van der Waals surface area contributed by atoms with Crippen molar-refractivity contribution < 1.29 is 14.0 Å². The number of nitrogens with zero attached hydrogens (tertiary/aromatic N) is 3. The summed E-state index contributed by atoms with van der Waals surface area (Å²) in [6.07, 6.45) is 8.31. The number of benzene rings is 1. The van der Waals surface area contributed by atoms with Gasteiger partial charge in [-0.25, -0.2) is 4.39 Å². The van der Waals surface area contributed by atoms with Crippen LogP contribution < -0.4 is 0 Å². The van der Waals surface area contributed by atoms with Gasteiger partial charge in [-0.2, -0.15) is 0 Å².